The van der Waals surface area contributed by atoms with Gasteiger partial charge in [0.2, 0.25) is 11.8 Å². The molecule has 56 heavy (non-hydrogen) atoms. The summed E-state index contributed by atoms with van der Waals surface area (Å²) in [5, 5.41) is 27.2. The summed E-state index contributed by atoms with van der Waals surface area (Å²) in [5.41, 5.74) is 20.6. The molecule has 2 saturated carbocycles. The Morgan fingerprint density at radius 3 is 1.38 bits per heavy atom. The lowest BCUT2D eigenvalue weighted by molar-refractivity contribution is -0.118. The normalized spacial score (nSPS) is 18.2. The van der Waals surface area contributed by atoms with Gasteiger partial charge >= 0.3 is 0 Å². The number of nitrogen functional groups attached to an aromatic ring is 2. The van der Waals surface area contributed by atoms with Crippen molar-refractivity contribution in [3.63, 3.8) is 0 Å². The number of halogens is 2. The number of hydrogen-bond acceptors (Lipinski definition) is 10. The Morgan fingerprint density at radius 2 is 1.04 bits per heavy atom. The monoisotopic (exact) mass is 760 g/mol. The van der Waals surface area contributed by atoms with Crippen molar-refractivity contribution in [2.75, 3.05) is 22.1 Å². The van der Waals surface area contributed by atoms with Gasteiger partial charge in [0.15, 0.2) is 0 Å². The lowest BCUT2D eigenvalue weighted by Gasteiger charge is -2.12. The molecule has 12 nitrogen and oxygen atoms in total. The molecule has 0 bridgehead atoms. The van der Waals surface area contributed by atoms with E-state index in [2.05, 4.69) is 30.6 Å². The van der Waals surface area contributed by atoms with Crippen LogP contribution in [0.3, 0.4) is 0 Å². The van der Waals surface area contributed by atoms with Gasteiger partial charge in [-0.1, -0.05) is 13.8 Å². The van der Waals surface area contributed by atoms with Crippen LogP contribution in [0.4, 0.5) is 31.8 Å². The average Bonchev–Trinajstić information content (AvgIpc) is 4.13. The lowest BCUT2D eigenvalue weighted by Crippen LogP contribution is -2.15. The van der Waals surface area contributed by atoms with Crippen LogP contribution in [-0.2, 0) is 35.6 Å². The van der Waals surface area contributed by atoms with Gasteiger partial charge in [-0.3, -0.25) is 19.6 Å². The van der Waals surface area contributed by atoms with Crippen molar-refractivity contribution in [3.05, 3.63) is 95.8 Å². The number of nitrogens with zero attached hydrogens (tertiary/aromatic N) is 4. The van der Waals surface area contributed by atoms with Gasteiger partial charge in [0.05, 0.1) is 36.4 Å². The largest absolute Gasteiger partial charge is 0.398 e. The fraction of sp³-hybridized carbons (Fsp3) is 0.286. The Hall–Kier alpha value is -6.12. The van der Waals surface area contributed by atoms with Gasteiger partial charge in [-0.05, 0) is 107 Å². The summed E-state index contributed by atoms with van der Waals surface area (Å²) in [7, 11) is 0. The smallest absolute Gasteiger partial charge is 0.231 e. The molecular formula is C42H42F2N8O4. The van der Waals surface area contributed by atoms with E-state index in [0.717, 1.165) is 67.8 Å². The SMILES string of the molecule is CCc1cc(CO)ncc1-c1cc(N)c2cnc(NC(=O)[C@@H]3C[C@@H]3F)cc2c1.CCc1cc(CO)ncc1-c1cc(N)c2cnc(NC(=O)[C@H]3C[C@H]3F)cc2c1. The molecule has 288 valence electrons. The number of hydrogen-bond donors (Lipinski definition) is 6. The molecule has 2 aliphatic rings. The van der Waals surface area contributed by atoms with Crippen LogP contribution in [-0.4, -0.2) is 54.3 Å². The van der Waals surface area contributed by atoms with E-state index < -0.39 is 24.2 Å². The average molecular weight is 761 g/mol. The number of aliphatic hydroxyl groups excluding tert-OH is 2. The number of nitrogens with one attached hydrogen (secondary N) is 2. The van der Waals surface area contributed by atoms with Gasteiger partial charge in [-0.25, -0.2) is 18.7 Å². The minimum Gasteiger partial charge on any atom is -0.398 e. The Kier molecular flexibility index (Phi) is 10.9. The van der Waals surface area contributed by atoms with Crippen LogP contribution in [0.15, 0.2) is 73.3 Å². The first kappa shape index (κ1) is 38.2. The first-order valence-electron chi connectivity index (χ1n) is 18.5. The van der Waals surface area contributed by atoms with Crippen LogP contribution in [0.1, 0.15) is 49.2 Å². The van der Waals surface area contributed by atoms with Crippen molar-refractivity contribution in [2.45, 2.75) is 65.1 Å². The van der Waals surface area contributed by atoms with E-state index in [-0.39, 0.29) is 37.9 Å². The topological polar surface area (TPSA) is 202 Å². The van der Waals surface area contributed by atoms with Crippen molar-refractivity contribution in [3.8, 4) is 22.3 Å². The van der Waals surface area contributed by atoms with Gasteiger partial charge in [0, 0.05) is 58.1 Å². The highest BCUT2D eigenvalue weighted by atomic mass is 19.1. The third kappa shape index (κ3) is 8.11. The summed E-state index contributed by atoms with van der Waals surface area (Å²) in [5.74, 6) is -1.09. The molecule has 4 atom stereocenters. The molecule has 4 heterocycles. The maximum absolute atomic E-state index is 13.1. The molecule has 0 radical (unpaired) electrons. The number of aliphatic hydroxyl groups is 2. The van der Waals surface area contributed by atoms with Crippen LogP contribution < -0.4 is 22.1 Å². The van der Waals surface area contributed by atoms with E-state index in [1.807, 2.05) is 50.2 Å². The van der Waals surface area contributed by atoms with Gasteiger partial charge in [-0.15, -0.1) is 0 Å². The minimum absolute atomic E-state index is 0.109. The number of rotatable bonds is 10. The van der Waals surface area contributed by atoms with Crippen molar-refractivity contribution < 1.29 is 28.6 Å². The third-order valence-electron chi connectivity index (χ3n) is 10.1. The molecule has 0 aliphatic heterocycles. The number of pyridine rings is 4. The summed E-state index contributed by atoms with van der Waals surface area (Å²) in [6.07, 6.45) is 6.70. The number of aromatic nitrogens is 4. The zero-order valence-corrected chi connectivity index (χ0v) is 30.9. The maximum atomic E-state index is 13.1. The van der Waals surface area contributed by atoms with Crippen molar-refractivity contribution in [1.29, 1.82) is 0 Å². The number of amides is 2. The number of aryl methyl sites for hydroxylation is 2. The summed E-state index contributed by atoms with van der Waals surface area (Å²) >= 11 is 0. The van der Waals surface area contributed by atoms with E-state index in [9.17, 15) is 28.6 Å². The van der Waals surface area contributed by atoms with Gasteiger partial charge in [-0.2, -0.15) is 0 Å². The van der Waals surface area contributed by atoms with E-state index in [1.54, 1.807) is 36.9 Å². The van der Waals surface area contributed by atoms with E-state index in [1.165, 1.54) is 0 Å². The second-order valence-electron chi connectivity index (χ2n) is 14.1. The molecule has 0 spiro atoms. The number of benzene rings is 2. The highest BCUT2D eigenvalue weighted by molar-refractivity contribution is 6.01. The molecule has 8 rings (SSSR count). The van der Waals surface area contributed by atoms with E-state index in [0.29, 0.717) is 34.4 Å². The Bertz CT molecular complexity index is 2310. The molecular weight excluding hydrogens is 719 g/mol. The lowest BCUT2D eigenvalue weighted by atomic mass is 9.96. The molecule has 14 heteroatoms. The molecule has 6 aromatic rings. The molecule has 2 aliphatic carbocycles. The molecule has 0 unspecified atom stereocenters. The van der Waals surface area contributed by atoms with Crippen LogP contribution >= 0.6 is 0 Å². The minimum atomic E-state index is -1.05. The number of nitrogens with two attached hydrogens (primary N) is 2. The van der Waals surface area contributed by atoms with Crippen LogP contribution in [0.5, 0.6) is 0 Å². The molecule has 2 fully saturated rings. The highest BCUT2D eigenvalue weighted by Crippen LogP contribution is 2.37. The number of alkyl halides is 2. The van der Waals surface area contributed by atoms with E-state index in [4.69, 9.17) is 11.5 Å². The second-order valence-corrected chi connectivity index (χ2v) is 14.1. The predicted octanol–water partition coefficient (Wildman–Crippen LogP) is 6.46. The van der Waals surface area contributed by atoms with Crippen molar-refractivity contribution in [2.24, 2.45) is 11.8 Å². The summed E-state index contributed by atoms with van der Waals surface area (Å²) in [6.45, 7) is 3.86. The number of carbonyl (C=O) groups excluding carboxylic acids is 2. The molecule has 2 amide bonds. The predicted molar refractivity (Wildman–Crippen MR) is 213 cm³/mol. The van der Waals surface area contributed by atoms with Gasteiger partial charge in [0.1, 0.15) is 24.0 Å². The fourth-order valence-corrected chi connectivity index (χ4v) is 6.70. The summed E-state index contributed by atoms with van der Waals surface area (Å²) in [6, 6.07) is 14.9. The quantitative estimate of drug-likeness (QED) is 0.0842. The van der Waals surface area contributed by atoms with Crippen LogP contribution in [0, 0.1) is 11.8 Å². The number of anilines is 4. The van der Waals surface area contributed by atoms with Crippen LogP contribution in [0.2, 0.25) is 0 Å². The highest BCUT2D eigenvalue weighted by Gasteiger charge is 2.44. The fourth-order valence-electron chi connectivity index (χ4n) is 6.70. The zero-order chi connectivity index (χ0) is 39.7. The van der Waals surface area contributed by atoms with E-state index >= 15 is 0 Å². The molecule has 4 aromatic heterocycles. The zero-order valence-electron chi connectivity index (χ0n) is 30.9. The van der Waals surface area contributed by atoms with Crippen molar-refractivity contribution in [1.82, 2.24) is 19.9 Å². The first-order chi connectivity index (χ1) is 27.0. The molecule has 8 N–H and O–H groups in total. The Labute approximate surface area is 321 Å². The molecule has 0 saturated heterocycles. The molecule has 2 aromatic carbocycles. The Morgan fingerprint density at radius 1 is 0.643 bits per heavy atom. The van der Waals surface area contributed by atoms with Gasteiger partial charge in [0.25, 0.3) is 0 Å². The van der Waals surface area contributed by atoms with Crippen LogP contribution in [0.25, 0.3) is 43.8 Å². The Balaban J connectivity index is 0.000000172. The maximum Gasteiger partial charge on any atom is 0.231 e. The number of carbonyl (C=O) groups is 2. The summed E-state index contributed by atoms with van der Waals surface area (Å²) in [4.78, 5) is 41.0. The summed E-state index contributed by atoms with van der Waals surface area (Å²) < 4.78 is 26.2. The van der Waals surface area contributed by atoms with Gasteiger partial charge < -0.3 is 32.3 Å². The first-order valence-corrected chi connectivity index (χ1v) is 18.5. The standard InChI is InChI=1S/2C21H21FN4O2/c2*1-2-11-4-14(10-27)24-8-16(11)12-3-13-6-20(25-9-17(13)19(23)5-12)26-21(28)15-7-18(15)22/h2*3-6,8-9,15,18,27H,2,7,10,23H2,1H3,(H,25,26,28)/t2*15-,18+/m10/s1. The number of fused-ring (bicyclic) bond motifs is 2. The second kappa shape index (κ2) is 15.9. The van der Waals surface area contributed by atoms with Crippen molar-refractivity contribution >= 4 is 56.4 Å². The third-order valence-corrected chi connectivity index (χ3v) is 10.1.